The van der Waals surface area contributed by atoms with Crippen LogP contribution in [0.5, 0.6) is 0 Å². The molecule has 168 valence electrons. The Balaban J connectivity index is 1.38. The fourth-order valence-electron chi connectivity index (χ4n) is 5.07. The lowest BCUT2D eigenvalue weighted by atomic mass is 9.89. The number of carbonyl (C=O) groups is 2. The molecule has 3 N–H and O–H groups in total. The van der Waals surface area contributed by atoms with Gasteiger partial charge in [0.1, 0.15) is 11.8 Å². The van der Waals surface area contributed by atoms with Gasteiger partial charge in [0.25, 0.3) is 0 Å². The summed E-state index contributed by atoms with van der Waals surface area (Å²) in [5, 5.41) is 7.97. The number of aromatic nitrogens is 3. The van der Waals surface area contributed by atoms with E-state index in [-0.39, 0.29) is 17.7 Å². The highest BCUT2D eigenvalue weighted by atomic mass is 16.2. The minimum Gasteiger partial charge on any atom is -0.370 e. The van der Waals surface area contributed by atoms with Crippen LogP contribution in [0.1, 0.15) is 57.4 Å². The molecule has 3 heterocycles. The van der Waals surface area contributed by atoms with Crippen molar-refractivity contribution in [1.82, 2.24) is 24.4 Å². The second-order valence-electron chi connectivity index (χ2n) is 8.94. The van der Waals surface area contributed by atoms with Gasteiger partial charge in [-0.25, -0.2) is 9.50 Å². The van der Waals surface area contributed by atoms with Crippen LogP contribution >= 0.6 is 0 Å². The third kappa shape index (κ3) is 4.81. The molecule has 1 aliphatic carbocycles. The molecule has 31 heavy (non-hydrogen) atoms. The van der Waals surface area contributed by atoms with Crippen molar-refractivity contribution < 1.29 is 9.59 Å². The number of hydrogen-bond acceptors (Lipinski definition) is 6. The maximum atomic E-state index is 11.6. The molecular formula is C22H33N7O2. The van der Waals surface area contributed by atoms with Crippen LogP contribution in [-0.2, 0) is 9.59 Å². The SMILES string of the molecule is CC(=O)N1CCN(C2CCC(Nc3ncnn4ccc([C@@H](C)CC(N)=O)c34)CC2)CC1. The summed E-state index contributed by atoms with van der Waals surface area (Å²) in [5.41, 5.74) is 7.38. The van der Waals surface area contributed by atoms with Crippen molar-refractivity contribution >= 4 is 23.1 Å². The molecule has 2 aromatic rings. The molecule has 2 fully saturated rings. The molecule has 9 nitrogen and oxygen atoms in total. The fourth-order valence-corrected chi connectivity index (χ4v) is 5.07. The van der Waals surface area contributed by atoms with E-state index in [1.54, 1.807) is 13.3 Å². The molecule has 9 heteroatoms. The van der Waals surface area contributed by atoms with Crippen molar-refractivity contribution in [3.63, 3.8) is 0 Å². The predicted molar refractivity (Wildman–Crippen MR) is 119 cm³/mol. The molecule has 1 saturated heterocycles. The van der Waals surface area contributed by atoms with Crippen molar-refractivity contribution in [3.05, 3.63) is 24.2 Å². The van der Waals surface area contributed by atoms with Crippen molar-refractivity contribution in [2.24, 2.45) is 5.73 Å². The highest BCUT2D eigenvalue weighted by Gasteiger charge is 2.29. The first-order valence-electron chi connectivity index (χ1n) is 11.3. The van der Waals surface area contributed by atoms with E-state index >= 15 is 0 Å². The number of rotatable bonds is 6. The molecule has 2 aliphatic rings. The van der Waals surface area contributed by atoms with Crippen LogP contribution in [0.15, 0.2) is 18.6 Å². The minimum atomic E-state index is -0.305. The first-order valence-corrected chi connectivity index (χ1v) is 11.3. The Morgan fingerprint density at radius 2 is 1.90 bits per heavy atom. The van der Waals surface area contributed by atoms with Crippen LogP contribution < -0.4 is 11.1 Å². The average Bonchev–Trinajstić information content (AvgIpc) is 3.19. The van der Waals surface area contributed by atoms with E-state index in [4.69, 9.17) is 5.73 Å². The number of piperazine rings is 1. The van der Waals surface area contributed by atoms with E-state index in [2.05, 4.69) is 20.3 Å². The quantitative estimate of drug-likeness (QED) is 0.725. The highest BCUT2D eigenvalue weighted by Crippen LogP contribution is 2.31. The van der Waals surface area contributed by atoms with Gasteiger partial charge in [-0.15, -0.1) is 0 Å². The highest BCUT2D eigenvalue weighted by molar-refractivity contribution is 5.78. The summed E-state index contributed by atoms with van der Waals surface area (Å²) >= 11 is 0. The smallest absolute Gasteiger partial charge is 0.219 e. The Bertz CT molecular complexity index is 927. The van der Waals surface area contributed by atoms with E-state index < -0.39 is 0 Å². The van der Waals surface area contributed by atoms with Crippen molar-refractivity contribution in [2.45, 2.75) is 64.0 Å². The summed E-state index contributed by atoms with van der Waals surface area (Å²) in [6.07, 6.45) is 8.23. The summed E-state index contributed by atoms with van der Waals surface area (Å²) in [4.78, 5) is 32.0. The summed E-state index contributed by atoms with van der Waals surface area (Å²) in [5.74, 6) is 0.711. The average molecular weight is 428 g/mol. The Labute approximate surface area is 183 Å². The van der Waals surface area contributed by atoms with E-state index in [1.165, 1.54) is 0 Å². The van der Waals surface area contributed by atoms with Gasteiger partial charge in [-0.3, -0.25) is 14.5 Å². The van der Waals surface area contributed by atoms with E-state index in [9.17, 15) is 9.59 Å². The van der Waals surface area contributed by atoms with Gasteiger partial charge < -0.3 is 16.0 Å². The van der Waals surface area contributed by atoms with Crippen LogP contribution in [0.25, 0.3) is 5.52 Å². The second-order valence-corrected chi connectivity index (χ2v) is 8.94. The lowest BCUT2D eigenvalue weighted by molar-refractivity contribution is -0.131. The topological polar surface area (TPSA) is 109 Å². The number of anilines is 1. The van der Waals surface area contributed by atoms with Crippen LogP contribution in [0.3, 0.4) is 0 Å². The predicted octanol–water partition coefficient (Wildman–Crippen LogP) is 1.60. The lowest BCUT2D eigenvalue weighted by Gasteiger charge is -2.42. The molecule has 1 aliphatic heterocycles. The molecule has 1 atom stereocenters. The zero-order chi connectivity index (χ0) is 22.0. The monoisotopic (exact) mass is 427 g/mol. The number of carbonyl (C=O) groups excluding carboxylic acids is 2. The zero-order valence-electron chi connectivity index (χ0n) is 18.5. The summed E-state index contributed by atoms with van der Waals surface area (Å²) < 4.78 is 1.82. The summed E-state index contributed by atoms with van der Waals surface area (Å²) in [7, 11) is 0. The van der Waals surface area contributed by atoms with E-state index in [0.29, 0.717) is 18.5 Å². The standard InChI is InChI=1S/C22H33N7O2/c1-15(13-20(23)31)19-7-8-29-21(19)22(24-14-25-29)26-17-3-5-18(6-4-17)28-11-9-27(10-12-28)16(2)30/h7-8,14-15,17-18H,3-6,9-13H2,1-2H3,(H2,23,31)(H,24,25,26)/t15-,17?,18?/m0/s1. The van der Waals surface area contributed by atoms with Gasteiger partial charge in [-0.1, -0.05) is 6.92 Å². The normalized spacial score (nSPS) is 23.6. The van der Waals surface area contributed by atoms with Gasteiger partial charge in [0.2, 0.25) is 11.8 Å². The fraction of sp³-hybridized carbons (Fsp3) is 0.636. The lowest BCUT2D eigenvalue weighted by Crippen LogP contribution is -2.52. The number of nitrogens with zero attached hydrogens (tertiary/aromatic N) is 5. The zero-order valence-corrected chi connectivity index (χ0v) is 18.5. The molecule has 0 aromatic carbocycles. The Morgan fingerprint density at radius 1 is 1.19 bits per heavy atom. The van der Waals surface area contributed by atoms with Gasteiger partial charge in [-0.05, 0) is 43.2 Å². The van der Waals surface area contributed by atoms with Gasteiger partial charge >= 0.3 is 0 Å². The summed E-state index contributed by atoms with van der Waals surface area (Å²) in [6, 6.07) is 2.96. The van der Waals surface area contributed by atoms with Crippen LogP contribution in [0.2, 0.25) is 0 Å². The molecule has 1 saturated carbocycles. The van der Waals surface area contributed by atoms with Crippen LogP contribution in [-0.4, -0.2) is 74.5 Å². The largest absolute Gasteiger partial charge is 0.370 e. The van der Waals surface area contributed by atoms with E-state index in [0.717, 1.165) is 68.8 Å². The molecule has 2 amide bonds. The molecule has 2 aromatic heterocycles. The maximum absolute atomic E-state index is 11.6. The Hall–Kier alpha value is -2.68. The van der Waals surface area contributed by atoms with Gasteiger partial charge in [0, 0.05) is 57.8 Å². The van der Waals surface area contributed by atoms with Crippen LogP contribution in [0, 0.1) is 0 Å². The molecule has 0 spiro atoms. The number of fused-ring (bicyclic) bond motifs is 1. The second kappa shape index (κ2) is 9.21. The molecule has 0 radical (unpaired) electrons. The third-order valence-corrected chi connectivity index (χ3v) is 6.84. The molecule has 4 rings (SSSR count). The maximum Gasteiger partial charge on any atom is 0.219 e. The van der Waals surface area contributed by atoms with E-state index in [1.807, 2.05) is 28.6 Å². The molecular weight excluding hydrogens is 394 g/mol. The van der Waals surface area contributed by atoms with Crippen molar-refractivity contribution in [1.29, 1.82) is 0 Å². The Kier molecular flexibility index (Phi) is 6.41. The van der Waals surface area contributed by atoms with Gasteiger partial charge in [0.05, 0.1) is 0 Å². The first kappa shape index (κ1) is 21.5. The number of amides is 2. The number of nitrogens with one attached hydrogen (secondary N) is 1. The molecule has 0 bridgehead atoms. The molecule has 0 unspecified atom stereocenters. The van der Waals surface area contributed by atoms with Gasteiger partial charge in [0.15, 0.2) is 5.82 Å². The summed E-state index contributed by atoms with van der Waals surface area (Å²) in [6.45, 7) is 7.29. The first-order chi connectivity index (χ1) is 14.9. The van der Waals surface area contributed by atoms with Crippen molar-refractivity contribution in [2.75, 3.05) is 31.5 Å². The third-order valence-electron chi connectivity index (χ3n) is 6.84. The number of nitrogens with two attached hydrogens (primary N) is 1. The number of hydrogen-bond donors (Lipinski definition) is 2. The minimum absolute atomic E-state index is 0.0125. The van der Waals surface area contributed by atoms with Crippen molar-refractivity contribution in [3.8, 4) is 0 Å². The van der Waals surface area contributed by atoms with Gasteiger partial charge in [-0.2, -0.15) is 5.10 Å². The Morgan fingerprint density at radius 3 is 2.55 bits per heavy atom. The van der Waals surface area contributed by atoms with Crippen LogP contribution in [0.4, 0.5) is 5.82 Å². The number of primary amides is 1.